The highest BCUT2D eigenvalue weighted by atomic mass is 35.5. The van der Waals surface area contributed by atoms with Gasteiger partial charge in [0.2, 0.25) is 0 Å². The van der Waals surface area contributed by atoms with Crippen LogP contribution in [0.1, 0.15) is 23.6 Å². The number of halogens is 1. The third-order valence-electron chi connectivity index (χ3n) is 2.58. The number of hydrogen-bond donors (Lipinski definition) is 2. The van der Waals surface area contributed by atoms with Crippen LogP contribution in [-0.4, -0.2) is 17.8 Å². The van der Waals surface area contributed by atoms with Gasteiger partial charge in [-0.2, -0.15) is 0 Å². The number of amides is 1. The van der Waals surface area contributed by atoms with E-state index < -0.39 is 6.09 Å². The molecule has 1 fully saturated rings. The fourth-order valence-electron chi connectivity index (χ4n) is 1.72. The van der Waals surface area contributed by atoms with Gasteiger partial charge in [-0.15, -0.1) is 12.4 Å². The molecule has 1 aliphatic rings. The highest BCUT2D eigenvalue weighted by Crippen LogP contribution is 2.30. The Hall–Kier alpha value is -1.42. The number of phenolic OH excluding ortho intramolecular Hbond substituents is 1. The Labute approximate surface area is 100 Å². The lowest BCUT2D eigenvalue weighted by molar-refractivity contribution is 0.115. The van der Waals surface area contributed by atoms with Crippen molar-refractivity contribution in [3.05, 3.63) is 29.3 Å². The van der Waals surface area contributed by atoms with Gasteiger partial charge in [0, 0.05) is 12.0 Å². The highest BCUT2D eigenvalue weighted by molar-refractivity contribution is 5.85. The molecule has 5 heteroatoms. The second-order valence-electron chi connectivity index (χ2n) is 3.63. The largest absolute Gasteiger partial charge is 0.507 e. The number of benzene rings is 1. The first-order valence-corrected chi connectivity index (χ1v) is 4.90. The monoisotopic (exact) mass is 243 g/mol. The normalized spacial score (nSPS) is 19.3. The van der Waals surface area contributed by atoms with Crippen molar-refractivity contribution in [1.29, 1.82) is 0 Å². The van der Waals surface area contributed by atoms with Crippen molar-refractivity contribution in [3.8, 4) is 5.75 Å². The van der Waals surface area contributed by atoms with E-state index in [-0.39, 0.29) is 24.2 Å². The van der Waals surface area contributed by atoms with Gasteiger partial charge >= 0.3 is 6.09 Å². The van der Waals surface area contributed by atoms with Crippen LogP contribution in [-0.2, 0) is 4.74 Å². The number of phenols is 1. The van der Waals surface area contributed by atoms with Gasteiger partial charge < -0.3 is 15.2 Å². The van der Waals surface area contributed by atoms with Crippen LogP contribution in [0.15, 0.2) is 18.2 Å². The van der Waals surface area contributed by atoms with Gasteiger partial charge in [0.25, 0.3) is 0 Å². The number of aromatic hydroxyl groups is 1. The molecule has 1 aromatic carbocycles. The summed E-state index contributed by atoms with van der Waals surface area (Å²) < 4.78 is 4.77. The zero-order valence-corrected chi connectivity index (χ0v) is 9.71. The molecule has 0 spiro atoms. The number of carbonyl (C=O) groups excluding carboxylic acids is 1. The van der Waals surface area contributed by atoms with Gasteiger partial charge in [0.1, 0.15) is 5.75 Å². The first-order valence-electron chi connectivity index (χ1n) is 4.90. The summed E-state index contributed by atoms with van der Waals surface area (Å²) in [5.41, 5.74) is 1.57. The molecule has 1 amide bonds. The van der Waals surface area contributed by atoms with Gasteiger partial charge in [-0.05, 0) is 12.5 Å². The predicted octanol–water partition coefficient (Wildman–Crippen LogP) is 2.29. The maximum Gasteiger partial charge on any atom is 0.407 e. The first-order chi connectivity index (χ1) is 7.18. The zero-order valence-electron chi connectivity index (χ0n) is 8.90. The van der Waals surface area contributed by atoms with Crippen LogP contribution in [0.2, 0.25) is 0 Å². The molecule has 88 valence electrons. The first kappa shape index (κ1) is 12.6. The highest BCUT2D eigenvalue weighted by Gasteiger charge is 2.23. The summed E-state index contributed by atoms with van der Waals surface area (Å²) in [6.45, 7) is 2.23. The van der Waals surface area contributed by atoms with E-state index in [1.54, 1.807) is 0 Å². The Bertz CT molecular complexity index is 395. The average molecular weight is 244 g/mol. The fourth-order valence-corrected chi connectivity index (χ4v) is 1.72. The molecule has 1 saturated heterocycles. The smallest absolute Gasteiger partial charge is 0.407 e. The number of carbonyl (C=O) groups is 1. The van der Waals surface area contributed by atoms with Crippen LogP contribution in [0.5, 0.6) is 5.75 Å². The SMILES string of the molecule is Cc1cccc([C@@H]2CCOC(=O)N2)c1O.Cl. The van der Waals surface area contributed by atoms with Crippen LogP contribution in [0.3, 0.4) is 0 Å². The maximum atomic E-state index is 11.0. The third-order valence-corrected chi connectivity index (χ3v) is 2.58. The number of para-hydroxylation sites is 1. The van der Waals surface area contributed by atoms with E-state index in [0.29, 0.717) is 13.0 Å². The van der Waals surface area contributed by atoms with Crippen LogP contribution in [0.4, 0.5) is 4.79 Å². The van der Waals surface area contributed by atoms with E-state index in [2.05, 4.69) is 5.32 Å². The number of alkyl carbamates (subject to hydrolysis) is 1. The van der Waals surface area contributed by atoms with Crippen molar-refractivity contribution in [1.82, 2.24) is 5.32 Å². The Morgan fingerprint density at radius 2 is 2.25 bits per heavy atom. The van der Waals surface area contributed by atoms with E-state index in [4.69, 9.17) is 4.74 Å². The number of cyclic esters (lactones) is 1. The summed E-state index contributed by atoms with van der Waals surface area (Å²) in [6, 6.07) is 5.37. The van der Waals surface area contributed by atoms with Crippen molar-refractivity contribution in [2.24, 2.45) is 0 Å². The molecular formula is C11H14ClNO3. The standard InChI is InChI=1S/C11H13NO3.ClH/c1-7-3-2-4-8(10(7)13)9-5-6-15-11(14)12-9;/h2-4,9,13H,5-6H2,1H3,(H,12,14);1H/t9-;/m0./s1. The molecule has 4 nitrogen and oxygen atoms in total. The van der Waals surface area contributed by atoms with E-state index in [1.807, 2.05) is 25.1 Å². The summed E-state index contributed by atoms with van der Waals surface area (Å²) in [5.74, 6) is 0.254. The maximum absolute atomic E-state index is 11.0. The number of aryl methyl sites for hydroxylation is 1. The molecule has 1 aromatic rings. The Balaban J connectivity index is 0.00000128. The predicted molar refractivity (Wildman–Crippen MR) is 61.9 cm³/mol. The van der Waals surface area contributed by atoms with Crippen molar-refractivity contribution in [2.75, 3.05) is 6.61 Å². The minimum Gasteiger partial charge on any atom is -0.507 e. The number of hydrogen-bond acceptors (Lipinski definition) is 3. The van der Waals surface area contributed by atoms with E-state index in [1.165, 1.54) is 0 Å². The molecule has 2 rings (SSSR count). The summed E-state index contributed by atoms with van der Waals surface area (Å²) in [7, 11) is 0. The topological polar surface area (TPSA) is 58.6 Å². The van der Waals surface area contributed by atoms with Crippen LogP contribution in [0.25, 0.3) is 0 Å². The van der Waals surface area contributed by atoms with Gasteiger partial charge in [-0.3, -0.25) is 0 Å². The van der Waals surface area contributed by atoms with E-state index in [9.17, 15) is 9.90 Å². The number of rotatable bonds is 1. The molecule has 2 N–H and O–H groups in total. The molecule has 0 bridgehead atoms. The van der Waals surface area contributed by atoms with E-state index in [0.717, 1.165) is 11.1 Å². The van der Waals surface area contributed by atoms with Crippen molar-refractivity contribution in [2.45, 2.75) is 19.4 Å². The Kier molecular flexibility index (Phi) is 4.01. The van der Waals surface area contributed by atoms with Crippen molar-refractivity contribution in [3.63, 3.8) is 0 Å². The van der Waals surface area contributed by atoms with Crippen molar-refractivity contribution < 1.29 is 14.6 Å². The second-order valence-corrected chi connectivity index (χ2v) is 3.63. The van der Waals surface area contributed by atoms with Crippen LogP contribution >= 0.6 is 12.4 Å². The van der Waals surface area contributed by atoms with Crippen LogP contribution < -0.4 is 5.32 Å². The lowest BCUT2D eigenvalue weighted by Crippen LogP contribution is -2.35. The molecule has 16 heavy (non-hydrogen) atoms. The lowest BCUT2D eigenvalue weighted by Gasteiger charge is -2.24. The number of ether oxygens (including phenoxy) is 1. The van der Waals surface area contributed by atoms with Gasteiger partial charge in [-0.25, -0.2) is 4.79 Å². The van der Waals surface area contributed by atoms with E-state index >= 15 is 0 Å². The third kappa shape index (κ3) is 2.39. The summed E-state index contributed by atoms with van der Waals surface area (Å²) in [4.78, 5) is 11.0. The molecule has 1 aliphatic heterocycles. The van der Waals surface area contributed by atoms with Gasteiger partial charge in [-0.1, -0.05) is 18.2 Å². The molecule has 0 aromatic heterocycles. The molecule has 1 heterocycles. The second kappa shape index (κ2) is 5.07. The van der Waals surface area contributed by atoms with Crippen molar-refractivity contribution >= 4 is 18.5 Å². The molecule has 0 unspecified atom stereocenters. The minimum atomic E-state index is -0.424. The van der Waals surface area contributed by atoms with Crippen LogP contribution in [0, 0.1) is 6.92 Å². The minimum absolute atomic E-state index is 0. The Morgan fingerprint density at radius 3 is 2.94 bits per heavy atom. The quantitative estimate of drug-likeness (QED) is 0.796. The lowest BCUT2D eigenvalue weighted by atomic mass is 10.00. The Morgan fingerprint density at radius 1 is 1.50 bits per heavy atom. The summed E-state index contributed by atoms with van der Waals surface area (Å²) >= 11 is 0. The van der Waals surface area contributed by atoms with Gasteiger partial charge in [0.05, 0.1) is 12.6 Å². The molecule has 1 atom stereocenters. The average Bonchev–Trinajstić information content (AvgIpc) is 2.22. The fraction of sp³-hybridized carbons (Fsp3) is 0.364. The summed E-state index contributed by atoms with van der Waals surface area (Å²) in [6.07, 6.45) is 0.259. The molecule has 0 aliphatic carbocycles. The molecule has 0 radical (unpaired) electrons. The zero-order chi connectivity index (χ0) is 10.8. The summed E-state index contributed by atoms with van der Waals surface area (Å²) in [5, 5.41) is 12.5. The van der Waals surface area contributed by atoms with Gasteiger partial charge in [0.15, 0.2) is 0 Å². The number of nitrogens with one attached hydrogen (secondary N) is 1. The molecule has 0 saturated carbocycles. The molecular weight excluding hydrogens is 230 g/mol.